The zero-order chi connectivity index (χ0) is 37.4. The highest BCUT2D eigenvalue weighted by atomic mass is 19.1. The van der Waals surface area contributed by atoms with Gasteiger partial charge in [0, 0.05) is 36.1 Å². The molecule has 10 nitrogen and oxygen atoms in total. The van der Waals surface area contributed by atoms with Crippen LogP contribution >= 0.6 is 0 Å². The van der Waals surface area contributed by atoms with Crippen molar-refractivity contribution in [2.45, 2.75) is 129 Å². The molecule has 1 saturated carbocycles. The lowest BCUT2D eigenvalue weighted by molar-refractivity contribution is -0.159. The molecule has 1 saturated heterocycles. The predicted octanol–water partition coefficient (Wildman–Crippen LogP) is 7.34. The van der Waals surface area contributed by atoms with E-state index in [1.807, 2.05) is 13.0 Å². The average molecular weight is 721 g/mol. The zero-order valence-corrected chi connectivity index (χ0v) is 31.4. The van der Waals surface area contributed by atoms with Crippen LogP contribution < -0.4 is 9.47 Å². The second kappa shape index (κ2) is 14.8. The fourth-order valence-electron chi connectivity index (χ4n) is 8.49. The first-order valence-corrected chi connectivity index (χ1v) is 19.0. The lowest BCUT2D eigenvalue weighted by Crippen LogP contribution is -2.47. The van der Waals surface area contributed by atoms with E-state index in [0.29, 0.717) is 59.3 Å². The third-order valence-corrected chi connectivity index (χ3v) is 11.1. The quantitative estimate of drug-likeness (QED) is 0.223. The Kier molecular flexibility index (Phi) is 10.7. The van der Waals surface area contributed by atoms with Gasteiger partial charge in [-0.2, -0.15) is 0 Å². The molecule has 1 aromatic heterocycles. The predicted molar refractivity (Wildman–Crippen MR) is 193 cm³/mol. The molecule has 11 heteroatoms. The minimum atomic E-state index is -1.48. The number of amides is 1. The number of hydrogen-bond donors (Lipinski definition) is 0. The Balaban J connectivity index is 1.40. The van der Waals surface area contributed by atoms with Crippen LogP contribution in [-0.4, -0.2) is 71.0 Å². The summed E-state index contributed by atoms with van der Waals surface area (Å²) in [6, 6.07) is 4.37. The Bertz CT molecular complexity index is 1750. The highest BCUT2D eigenvalue weighted by Crippen LogP contribution is 2.58. The van der Waals surface area contributed by atoms with E-state index in [-0.39, 0.29) is 56.4 Å². The highest BCUT2D eigenvalue weighted by molar-refractivity contribution is 5.96. The number of Topliss-reactive ketones (excluding diaryl/α,β-unsaturated/α-hetero) is 1. The van der Waals surface area contributed by atoms with E-state index < -0.39 is 46.7 Å². The molecule has 0 radical (unpaired) electrons. The minimum Gasteiger partial charge on any atom is -0.497 e. The number of pyridine rings is 1. The first-order chi connectivity index (χ1) is 24.7. The van der Waals surface area contributed by atoms with E-state index in [4.69, 9.17) is 23.9 Å². The van der Waals surface area contributed by atoms with Crippen molar-refractivity contribution in [1.29, 1.82) is 0 Å². The van der Waals surface area contributed by atoms with Gasteiger partial charge in [-0.3, -0.25) is 19.2 Å². The summed E-state index contributed by atoms with van der Waals surface area (Å²) in [4.78, 5) is 62.2. The van der Waals surface area contributed by atoms with Crippen LogP contribution in [0.5, 0.6) is 11.5 Å². The molecule has 1 spiro atoms. The first kappa shape index (κ1) is 37.7. The van der Waals surface area contributed by atoms with Gasteiger partial charge in [-0.25, -0.2) is 9.37 Å². The maximum atomic E-state index is 16.8. The summed E-state index contributed by atoms with van der Waals surface area (Å²) in [5, 5.41) is 0.593. The molecule has 6 atom stereocenters. The van der Waals surface area contributed by atoms with Crippen LogP contribution in [0, 0.1) is 17.3 Å². The number of allylic oxidation sites excluding steroid dienone is 2. The molecule has 1 aromatic carbocycles. The number of nitrogens with zero attached hydrogens (tertiary/aromatic N) is 2. The van der Waals surface area contributed by atoms with Crippen molar-refractivity contribution < 1.29 is 42.5 Å². The number of alkyl halides is 1. The molecule has 0 bridgehead atoms. The van der Waals surface area contributed by atoms with Crippen LogP contribution in [0.25, 0.3) is 10.9 Å². The number of esters is 2. The molecule has 2 fully saturated rings. The number of carbonyl (C=O) groups is 4. The second-order valence-electron chi connectivity index (χ2n) is 16.1. The van der Waals surface area contributed by atoms with E-state index in [2.05, 4.69) is 6.08 Å². The second-order valence-corrected chi connectivity index (χ2v) is 16.1. The molecule has 2 aromatic rings. The average Bonchev–Trinajstić information content (AvgIpc) is 3.67. The van der Waals surface area contributed by atoms with Crippen LogP contribution in [0.2, 0.25) is 0 Å². The maximum Gasteiger partial charge on any atom is 0.313 e. The number of carbonyl (C=O) groups excluding carboxylic acids is 4. The van der Waals surface area contributed by atoms with Gasteiger partial charge in [-0.05, 0) is 83.9 Å². The van der Waals surface area contributed by atoms with Crippen molar-refractivity contribution in [2.75, 3.05) is 20.3 Å². The smallest absolute Gasteiger partial charge is 0.313 e. The number of aromatic nitrogens is 1. The monoisotopic (exact) mass is 720 g/mol. The molecule has 282 valence electrons. The number of halogens is 1. The Labute approximate surface area is 305 Å². The summed E-state index contributed by atoms with van der Waals surface area (Å²) < 4.78 is 40.2. The molecule has 4 aliphatic rings. The van der Waals surface area contributed by atoms with Crippen molar-refractivity contribution >= 4 is 34.5 Å². The third kappa shape index (κ3) is 7.55. The third-order valence-electron chi connectivity index (χ3n) is 11.1. The summed E-state index contributed by atoms with van der Waals surface area (Å²) in [6.07, 6.45) is 7.00. The molecule has 0 N–H and O–H groups in total. The van der Waals surface area contributed by atoms with Crippen molar-refractivity contribution in [2.24, 2.45) is 17.3 Å². The van der Waals surface area contributed by atoms with Crippen LogP contribution in [-0.2, 0) is 35.1 Å². The number of ether oxygens (including phenoxy) is 4. The molecule has 52 heavy (non-hydrogen) atoms. The van der Waals surface area contributed by atoms with Crippen LogP contribution in [0.1, 0.15) is 116 Å². The number of ketones is 1. The van der Waals surface area contributed by atoms with Gasteiger partial charge in [0.2, 0.25) is 5.91 Å². The van der Waals surface area contributed by atoms with E-state index in [1.54, 1.807) is 53.0 Å². The van der Waals surface area contributed by atoms with Crippen molar-refractivity contribution in [3.05, 3.63) is 41.6 Å². The van der Waals surface area contributed by atoms with Gasteiger partial charge in [-0.15, -0.1) is 0 Å². The normalized spacial score (nSPS) is 29.9. The van der Waals surface area contributed by atoms with Gasteiger partial charge in [0.25, 0.3) is 0 Å². The molecule has 0 unspecified atom stereocenters. The fraction of sp³-hybridized carbons (Fsp3) is 0.634. The Morgan fingerprint density at radius 2 is 1.88 bits per heavy atom. The van der Waals surface area contributed by atoms with Gasteiger partial charge in [-0.1, -0.05) is 31.9 Å². The van der Waals surface area contributed by atoms with Crippen molar-refractivity contribution in [1.82, 2.24) is 9.88 Å². The van der Waals surface area contributed by atoms with E-state index in [1.165, 1.54) is 4.90 Å². The number of rotatable bonds is 6. The standard InChI is InChI=1S/C41H53FN2O8/c1-7-30-36-35(28-19-27(49-6)16-17-31(28)43-30)29(42)21-40(52-36)22-32-33(45)23-41(38(48)50-8-2)20-26(41)15-13-11-9-10-12-14-25(37(47)44(32)24-40)18-34(46)51-39(3,4)5/h13,15-17,19,25-26,29,32H,7-12,14,18,20-24H2,1-6H3/b15-13-/t25-,26-,29-,32+,40-,41-/m1/s1. The Morgan fingerprint density at radius 1 is 1.10 bits per heavy atom. The molecular formula is C41H53FN2O8. The molecule has 6 rings (SSSR count). The van der Waals surface area contributed by atoms with E-state index >= 15 is 4.39 Å². The number of benzene rings is 1. The molecule has 1 aliphatic carbocycles. The summed E-state index contributed by atoms with van der Waals surface area (Å²) in [7, 11) is 1.55. The summed E-state index contributed by atoms with van der Waals surface area (Å²) in [5.74, 6) is -1.52. The van der Waals surface area contributed by atoms with Gasteiger partial charge in [0.1, 0.15) is 28.9 Å². The van der Waals surface area contributed by atoms with Crippen molar-refractivity contribution in [3.63, 3.8) is 0 Å². The molecule has 4 heterocycles. The van der Waals surface area contributed by atoms with Crippen LogP contribution in [0.3, 0.4) is 0 Å². The Morgan fingerprint density at radius 3 is 2.60 bits per heavy atom. The summed E-state index contributed by atoms with van der Waals surface area (Å²) in [5.41, 5.74) is -1.36. The maximum absolute atomic E-state index is 16.8. The summed E-state index contributed by atoms with van der Waals surface area (Å²) >= 11 is 0. The number of aryl methyl sites for hydroxylation is 1. The van der Waals surface area contributed by atoms with Crippen LogP contribution in [0.4, 0.5) is 4.39 Å². The van der Waals surface area contributed by atoms with Gasteiger partial charge < -0.3 is 23.8 Å². The molecule has 3 aliphatic heterocycles. The summed E-state index contributed by atoms with van der Waals surface area (Å²) in [6.45, 7) is 9.17. The minimum absolute atomic E-state index is 0.0397. The lowest BCUT2D eigenvalue weighted by atomic mass is 9.84. The van der Waals surface area contributed by atoms with Gasteiger partial charge >= 0.3 is 11.9 Å². The lowest BCUT2D eigenvalue weighted by Gasteiger charge is -2.38. The topological polar surface area (TPSA) is 121 Å². The van der Waals surface area contributed by atoms with Gasteiger partial charge in [0.15, 0.2) is 5.78 Å². The number of fused-ring (bicyclic) bond motifs is 5. The zero-order valence-electron chi connectivity index (χ0n) is 31.4. The highest BCUT2D eigenvalue weighted by Gasteiger charge is 2.63. The van der Waals surface area contributed by atoms with E-state index in [9.17, 15) is 19.2 Å². The fourth-order valence-corrected chi connectivity index (χ4v) is 8.49. The number of methoxy groups -OCH3 is 1. The SMILES string of the molecule is CCOC(=O)[C@]12CC(=O)[C@@H]3C[C@]4(C[C@@H](F)c5c(c(CC)nc6ccc(OC)cc56)O4)CN3C(=O)[C@@H](CC(=O)OC(C)(C)C)CCCCC/C=C\[C@@H]1C2. The molecular weight excluding hydrogens is 667 g/mol. The first-order valence-electron chi connectivity index (χ1n) is 19.0. The molecule has 1 amide bonds. The Hall–Kier alpha value is -4.02. The van der Waals surface area contributed by atoms with Gasteiger partial charge in [0.05, 0.1) is 49.3 Å². The van der Waals surface area contributed by atoms with E-state index in [0.717, 1.165) is 19.3 Å². The largest absolute Gasteiger partial charge is 0.497 e. The van der Waals surface area contributed by atoms with Crippen molar-refractivity contribution in [3.8, 4) is 11.5 Å². The van der Waals surface area contributed by atoms with Crippen LogP contribution in [0.15, 0.2) is 30.4 Å². The number of hydrogen-bond acceptors (Lipinski definition) is 9.